The fourth-order valence-corrected chi connectivity index (χ4v) is 2.85. The number of hydrogen-bond acceptors (Lipinski definition) is 5. The first-order valence-electron chi connectivity index (χ1n) is 8.32. The lowest BCUT2D eigenvalue weighted by atomic mass is 10.1. The van der Waals surface area contributed by atoms with Crippen molar-refractivity contribution in [2.24, 2.45) is 0 Å². The van der Waals surface area contributed by atoms with Crippen LogP contribution in [0.1, 0.15) is 23.4 Å². The Morgan fingerprint density at radius 2 is 1.84 bits per heavy atom. The van der Waals surface area contributed by atoms with Crippen LogP contribution in [0.25, 0.3) is 0 Å². The Bertz CT molecular complexity index is 693. The minimum Gasteiger partial charge on any atom is -0.322 e. The molecule has 25 heavy (non-hydrogen) atoms. The second-order valence-corrected chi connectivity index (χ2v) is 6.30. The van der Waals surface area contributed by atoms with E-state index in [0.29, 0.717) is 19.1 Å². The van der Waals surface area contributed by atoms with Crippen LogP contribution in [0.2, 0.25) is 0 Å². The maximum atomic E-state index is 12.3. The van der Waals surface area contributed by atoms with Crippen LogP contribution in [-0.4, -0.2) is 47.4 Å². The van der Waals surface area contributed by atoms with Gasteiger partial charge in [0.2, 0.25) is 0 Å². The van der Waals surface area contributed by atoms with E-state index in [1.165, 1.54) is 11.1 Å². The highest BCUT2D eigenvalue weighted by Gasteiger charge is 2.28. The number of piperazine rings is 1. The average Bonchev–Trinajstić information content (AvgIpc) is 3.04. The lowest BCUT2D eigenvalue weighted by Gasteiger charge is -2.33. The molecule has 0 amide bonds. The molecule has 3 rings (SSSR count). The number of hydrogen-bond donors (Lipinski definition) is 0. The first-order chi connectivity index (χ1) is 11.9. The summed E-state index contributed by atoms with van der Waals surface area (Å²) in [5.74, 6) is 0.106. The van der Waals surface area contributed by atoms with Crippen LogP contribution in [0, 0.1) is 6.92 Å². The SMILES string of the molecule is Cc1ccccc1CN1CCN(c2nc(CCC(F)(F)F)no2)CC1. The van der Waals surface area contributed by atoms with Gasteiger partial charge in [0.1, 0.15) is 0 Å². The third kappa shape index (κ3) is 4.94. The molecule has 5 nitrogen and oxygen atoms in total. The normalized spacial score (nSPS) is 16.4. The summed E-state index contributed by atoms with van der Waals surface area (Å²) in [7, 11) is 0. The van der Waals surface area contributed by atoms with Gasteiger partial charge in [-0.15, -0.1) is 0 Å². The lowest BCUT2D eigenvalue weighted by Crippen LogP contribution is -2.46. The molecule has 0 aliphatic carbocycles. The number of nitrogens with zero attached hydrogens (tertiary/aromatic N) is 4. The molecule has 8 heteroatoms. The van der Waals surface area contributed by atoms with Gasteiger partial charge in [0.25, 0.3) is 0 Å². The summed E-state index contributed by atoms with van der Waals surface area (Å²) < 4.78 is 41.9. The van der Waals surface area contributed by atoms with Crippen molar-refractivity contribution >= 4 is 6.01 Å². The zero-order valence-electron chi connectivity index (χ0n) is 14.1. The van der Waals surface area contributed by atoms with Crippen LogP contribution in [0.15, 0.2) is 28.8 Å². The van der Waals surface area contributed by atoms with E-state index in [4.69, 9.17) is 4.52 Å². The number of rotatable bonds is 5. The van der Waals surface area contributed by atoms with E-state index in [0.717, 1.165) is 19.6 Å². The summed E-state index contributed by atoms with van der Waals surface area (Å²) in [5.41, 5.74) is 2.58. The van der Waals surface area contributed by atoms with E-state index in [1.54, 1.807) is 0 Å². The van der Waals surface area contributed by atoms with E-state index in [2.05, 4.69) is 34.1 Å². The van der Waals surface area contributed by atoms with Gasteiger partial charge >= 0.3 is 12.2 Å². The summed E-state index contributed by atoms with van der Waals surface area (Å²) in [6, 6.07) is 8.62. The van der Waals surface area contributed by atoms with Gasteiger partial charge in [0.05, 0.1) is 6.42 Å². The summed E-state index contributed by atoms with van der Waals surface area (Å²) in [4.78, 5) is 8.37. The lowest BCUT2D eigenvalue weighted by molar-refractivity contribution is -0.134. The molecule has 0 bridgehead atoms. The van der Waals surface area contributed by atoms with E-state index in [-0.39, 0.29) is 12.2 Å². The molecule has 0 saturated carbocycles. The molecule has 0 radical (unpaired) electrons. The molecule has 0 N–H and O–H groups in total. The minimum atomic E-state index is -4.21. The number of aryl methyl sites for hydroxylation is 2. The van der Waals surface area contributed by atoms with Crippen molar-refractivity contribution in [1.29, 1.82) is 0 Å². The quantitative estimate of drug-likeness (QED) is 0.825. The number of anilines is 1. The Hall–Kier alpha value is -2.09. The van der Waals surface area contributed by atoms with Gasteiger partial charge in [-0.3, -0.25) is 4.90 Å². The first kappa shape index (κ1) is 17.7. The van der Waals surface area contributed by atoms with E-state index < -0.39 is 12.6 Å². The molecule has 1 saturated heterocycles. The largest absolute Gasteiger partial charge is 0.389 e. The van der Waals surface area contributed by atoms with E-state index >= 15 is 0 Å². The van der Waals surface area contributed by atoms with Crippen molar-refractivity contribution in [3.05, 3.63) is 41.2 Å². The summed E-state index contributed by atoms with van der Waals surface area (Å²) in [6.07, 6.45) is -5.39. The summed E-state index contributed by atoms with van der Waals surface area (Å²) in [6.45, 7) is 6.11. The van der Waals surface area contributed by atoms with Crippen LogP contribution in [-0.2, 0) is 13.0 Å². The van der Waals surface area contributed by atoms with Crippen LogP contribution in [0.4, 0.5) is 19.2 Å². The van der Waals surface area contributed by atoms with Crippen molar-refractivity contribution in [1.82, 2.24) is 15.0 Å². The third-order valence-electron chi connectivity index (χ3n) is 4.39. The Labute approximate surface area is 144 Å². The van der Waals surface area contributed by atoms with Gasteiger partial charge < -0.3 is 9.42 Å². The second kappa shape index (κ2) is 7.43. The van der Waals surface area contributed by atoms with Crippen molar-refractivity contribution < 1.29 is 17.7 Å². The van der Waals surface area contributed by atoms with Gasteiger partial charge in [-0.1, -0.05) is 29.4 Å². The monoisotopic (exact) mass is 354 g/mol. The fraction of sp³-hybridized carbons (Fsp3) is 0.529. The first-order valence-corrected chi connectivity index (χ1v) is 8.32. The van der Waals surface area contributed by atoms with Gasteiger partial charge in [-0.25, -0.2) is 0 Å². The molecule has 1 fully saturated rings. The predicted octanol–water partition coefficient (Wildman–Crippen LogP) is 3.20. The summed E-state index contributed by atoms with van der Waals surface area (Å²) in [5, 5.41) is 3.65. The van der Waals surface area contributed by atoms with Gasteiger partial charge in [-0.05, 0) is 18.1 Å². The molecule has 0 spiro atoms. The van der Waals surface area contributed by atoms with Gasteiger partial charge in [0, 0.05) is 39.1 Å². The smallest absolute Gasteiger partial charge is 0.322 e. The zero-order valence-corrected chi connectivity index (χ0v) is 14.1. The maximum Gasteiger partial charge on any atom is 0.389 e. The molecule has 1 aromatic heterocycles. The molecule has 0 atom stereocenters. The topological polar surface area (TPSA) is 45.4 Å². The Kier molecular flexibility index (Phi) is 5.27. The summed E-state index contributed by atoms with van der Waals surface area (Å²) >= 11 is 0. The van der Waals surface area contributed by atoms with Crippen LogP contribution in [0.3, 0.4) is 0 Å². The van der Waals surface area contributed by atoms with E-state index in [9.17, 15) is 13.2 Å². The maximum absolute atomic E-state index is 12.3. The fourth-order valence-electron chi connectivity index (χ4n) is 2.85. The Balaban J connectivity index is 1.51. The van der Waals surface area contributed by atoms with Gasteiger partial charge in [-0.2, -0.15) is 18.2 Å². The van der Waals surface area contributed by atoms with Crippen LogP contribution >= 0.6 is 0 Å². The standard InChI is InChI=1S/C17H21F3N4O/c1-13-4-2-3-5-14(13)12-23-8-10-24(11-9-23)16-21-15(22-25-16)6-7-17(18,19)20/h2-5H,6-12H2,1H3. The predicted molar refractivity (Wildman–Crippen MR) is 87.3 cm³/mol. The zero-order chi connectivity index (χ0) is 17.9. The highest BCUT2D eigenvalue weighted by Crippen LogP contribution is 2.22. The highest BCUT2D eigenvalue weighted by atomic mass is 19.4. The van der Waals surface area contributed by atoms with Crippen molar-refractivity contribution in [2.75, 3.05) is 31.1 Å². The molecule has 136 valence electrons. The molecule has 2 heterocycles. The second-order valence-electron chi connectivity index (χ2n) is 6.30. The van der Waals surface area contributed by atoms with Crippen molar-refractivity contribution in [2.45, 2.75) is 32.5 Å². The molecular weight excluding hydrogens is 333 g/mol. The van der Waals surface area contributed by atoms with E-state index in [1.807, 2.05) is 17.0 Å². The Morgan fingerprint density at radius 1 is 1.12 bits per heavy atom. The molecule has 1 aromatic carbocycles. The highest BCUT2D eigenvalue weighted by molar-refractivity contribution is 5.28. The minimum absolute atomic E-state index is 0.106. The number of benzene rings is 1. The molecule has 1 aliphatic heterocycles. The molecule has 1 aliphatic rings. The van der Waals surface area contributed by atoms with Gasteiger partial charge in [0.15, 0.2) is 5.82 Å². The molecule has 0 unspecified atom stereocenters. The van der Waals surface area contributed by atoms with Crippen molar-refractivity contribution in [3.8, 4) is 0 Å². The van der Waals surface area contributed by atoms with Crippen molar-refractivity contribution in [3.63, 3.8) is 0 Å². The van der Waals surface area contributed by atoms with Crippen LogP contribution < -0.4 is 4.90 Å². The number of halogens is 3. The third-order valence-corrected chi connectivity index (χ3v) is 4.39. The van der Waals surface area contributed by atoms with Crippen LogP contribution in [0.5, 0.6) is 0 Å². The molecule has 2 aromatic rings. The number of aromatic nitrogens is 2. The average molecular weight is 354 g/mol. The Morgan fingerprint density at radius 3 is 2.52 bits per heavy atom. The molecular formula is C17H21F3N4O. The number of alkyl halides is 3.